The molecule has 2 atom stereocenters. The van der Waals surface area contributed by atoms with Gasteiger partial charge in [0.25, 0.3) is 5.91 Å². The Morgan fingerprint density at radius 2 is 2.00 bits per heavy atom. The highest BCUT2D eigenvalue weighted by atomic mass is 32.2. The van der Waals surface area contributed by atoms with Gasteiger partial charge in [0.1, 0.15) is 5.75 Å². The minimum absolute atomic E-state index is 0.163. The first-order chi connectivity index (χ1) is 15.8. The van der Waals surface area contributed by atoms with Crippen LogP contribution in [0.5, 0.6) is 5.75 Å². The van der Waals surface area contributed by atoms with Gasteiger partial charge >= 0.3 is 0 Å². The number of benzene rings is 2. The van der Waals surface area contributed by atoms with E-state index in [0.717, 1.165) is 22.4 Å². The van der Waals surface area contributed by atoms with E-state index in [1.165, 1.54) is 35.6 Å². The summed E-state index contributed by atoms with van der Waals surface area (Å²) < 4.78 is 34.4. The lowest BCUT2D eigenvalue weighted by Crippen LogP contribution is -2.47. The number of amides is 1. The maximum atomic E-state index is 13.4. The van der Waals surface area contributed by atoms with Crippen molar-refractivity contribution in [3.63, 3.8) is 0 Å². The molecule has 1 fully saturated rings. The molecule has 0 spiro atoms. The van der Waals surface area contributed by atoms with Crippen molar-refractivity contribution in [1.82, 2.24) is 9.29 Å². The summed E-state index contributed by atoms with van der Waals surface area (Å²) in [5.74, 6) is 0.536. The zero-order valence-corrected chi connectivity index (χ0v) is 19.8. The Labute approximate surface area is 196 Å². The first-order valence-corrected chi connectivity index (χ1v) is 12.8. The molecular formula is C24H23N3O4S2. The molecule has 0 bridgehead atoms. The number of nitrogens with one attached hydrogen (secondary N) is 1. The molecule has 33 heavy (non-hydrogen) atoms. The quantitative estimate of drug-likeness (QED) is 0.582. The Hall–Kier alpha value is -3.01. The fraction of sp³-hybridized carbons (Fsp3) is 0.250. The van der Waals surface area contributed by atoms with Crippen LogP contribution in [0.2, 0.25) is 0 Å². The van der Waals surface area contributed by atoms with Crippen LogP contribution in [-0.4, -0.2) is 42.8 Å². The third kappa shape index (κ3) is 3.76. The van der Waals surface area contributed by atoms with E-state index >= 15 is 0 Å². The summed E-state index contributed by atoms with van der Waals surface area (Å²) in [5.41, 5.74) is 0.553. The zero-order valence-electron chi connectivity index (χ0n) is 18.2. The SMILES string of the molecule is COc1ccc2nc(NC(=O)c3ccc(S(=O)(=O)N4CCC5C=CC=CC54C)cc3)sc2c1. The van der Waals surface area contributed by atoms with Crippen molar-refractivity contribution in [2.24, 2.45) is 5.92 Å². The molecule has 3 aromatic rings. The van der Waals surface area contributed by atoms with Crippen molar-refractivity contribution in [3.05, 3.63) is 72.3 Å². The molecule has 0 saturated carbocycles. The Morgan fingerprint density at radius 3 is 2.76 bits per heavy atom. The van der Waals surface area contributed by atoms with Crippen molar-refractivity contribution in [3.8, 4) is 5.75 Å². The van der Waals surface area contributed by atoms with Crippen LogP contribution in [0.4, 0.5) is 5.13 Å². The molecule has 1 aromatic heterocycles. The molecule has 2 aromatic carbocycles. The number of ether oxygens (including phenoxy) is 1. The minimum Gasteiger partial charge on any atom is -0.497 e. The summed E-state index contributed by atoms with van der Waals surface area (Å²) in [6.07, 6.45) is 8.68. The van der Waals surface area contributed by atoms with Crippen molar-refractivity contribution in [2.75, 3.05) is 19.0 Å². The van der Waals surface area contributed by atoms with E-state index in [9.17, 15) is 13.2 Å². The third-order valence-electron chi connectivity index (χ3n) is 6.34. The van der Waals surface area contributed by atoms with Gasteiger partial charge in [0.2, 0.25) is 10.0 Å². The number of fused-ring (bicyclic) bond motifs is 2. The molecule has 1 N–H and O–H groups in total. The van der Waals surface area contributed by atoms with Crippen LogP contribution in [0.15, 0.2) is 71.7 Å². The molecule has 9 heteroatoms. The molecule has 2 aliphatic rings. The van der Waals surface area contributed by atoms with Gasteiger partial charge in [-0.15, -0.1) is 0 Å². The highest BCUT2D eigenvalue weighted by Crippen LogP contribution is 2.42. The number of rotatable bonds is 5. The summed E-state index contributed by atoms with van der Waals surface area (Å²) in [4.78, 5) is 17.3. The molecule has 2 unspecified atom stereocenters. The predicted molar refractivity (Wildman–Crippen MR) is 129 cm³/mol. The number of hydrogen-bond donors (Lipinski definition) is 1. The van der Waals surface area contributed by atoms with E-state index in [-0.39, 0.29) is 16.7 Å². The van der Waals surface area contributed by atoms with E-state index in [2.05, 4.69) is 16.4 Å². The number of allylic oxidation sites excluding steroid dienone is 2. The smallest absolute Gasteiger partial charge is 0.257 e. The van der Waals surface area contributed by atoms with E-state index in [4.69, 9.17) is 4.74 Å². The van der Waals surface area contributed by atoms with Crippen molar-refractivity contribution >= 4 is 42.6 Å². The summed E-state index contributed by atoms with van der Waals surface area (Å²) in [6.45, 7) is 2.42. The van der Waals surface area contributed by atoms with Crippen LogP contribution < -0.4 is 10.1 Å². The topological polar surface area (TPSA) is 88.6 Å². The van der Waals surface area contributed by atoms with Crippen LogP contribution >= 0.6 is 11.3 Å². The fourth-order valence-corrected chi connectivity index (χ4v) is 7.14. The standard InChI is InChI=1S/C24H23N3O4S2/c1-24-13-4-3-5-17(24)12-14-27(24)33(29,30)19-9-6-16(7-10-19)22(28)26-23-25-20-11-8-18(31-2)15-21(20)32-23/h3-11,13,15,17H,12,14H2,1-2H3,(H,25,26,28). The number of thiazole rings is 1. The number of carbonyl (C=O) groups excluding carboxylic acids is 1. The first kappa shape index (κ1) is 21.8. The van der Waals surface area contributed by atoms with Crippen LogP contribution in [0.3, 0.4) is 0 Å². The number of nitrogens with zero attached hydrogens (tertiary/aromatic N) is 2. The second-order valence-electron chi connectivity index (χ2n) is 8.27. The molecule has 5 rings (SSSR count). The van der Waals surface area contributed by atoms with E-state index in [1.54, 1.807) is 11.4 Å². The normalized spacial score (nSPS) is 22.4. The predicted octanol–water partition coefficient (Wildman–Crippen LogP) is 4.45. The summed E-state index contributed by atoms with van der Waals surface area (Å²) in [7, 11) is -2.10. The summed E-state index contributed by atoms with van der Waals surface area (Å²) >= 11 is 1.35. The number of aromatic nitrogens is 1. The van der Waals surface area contributed by atoms with Gasteiger partial charge in [0.15, 0.2) is 5.13 Å². The highest BCUT2D eigenvalue weighted by molar-refractivity contribution is 7.89. The van der Waals surface area contributed by atoms with Gasteiger partial charge < -0.3 is 4.74 Å². The molecule has 1 saturated heterocycles. The molecule has 1 aliphatic heterocycles. The van der Waals surface area contributed by atoms with Gasteiger partial charge in [-0.2, -0.15) is 4.31 Å². The van der Waals surface area contributed by atoms with E-state index in [0.29, 0.717) is 17.2 Å². The maximum absolute atomic E-state index is 13.4. The third-order valence-corrected chi connectivity index (χ3v) is 9.30. The van der Waals surface area contributed by atoms with Gasteiger partial charge in [-0.3, -0.25) is 10.1 Å². The highest BCUT2D eigenvalue weighted by Gasteiger charge is 2.48. The average Bonchev–Trinajstić information content (AvgIpc) is 3.38. The second kappa shape index (κ2) is 8.09. The minimum atomic E-state index is -3.70. The Kier molecular flexibility index (Phi) is 5.35. The molecule has 7 nitrogen and oxygen atoms in total. The second-order valence-corrected chi connectivity index (χ2v) is 11.2. The number of anilines is 1. The lowest BCUT2D eigenvalue weighted by molar-refractivity contribution is 0.102. The van der Waals surface area contributed by atoms with Crippen LogP contribution in [0.25, 0.3) is 10.2 Å². The lowest BCUT2D eigenvalue weighted by Gasteiger charge is -2.36. The molecule has 170 valence electrons. The Morgan fingerprint density at radius 1 is 1.21 bits per heavy atom. The molecule has 1 amide bonds. The average molecular weight is 482 g/mol. The first-order valence-electron chi connectivity index (χ1n) is 10.6. The van der Waals surface area contributed by atoms with Gasteiger partial charge in [-0.1, -0.05) is 35.6 Å². The molecule has 2 heterocycles. The van der Waals surface area contributed by atoms with Gasteiger partial charge in [0.05, 0.1) is 27.8 Å². The number of carbonyl (C=O) groups is 1. The van der Waals surface area contributed by atoms with Gasteiger partial charge in [-0.05, 0) is 55.8 Å². The van der Waals surface area contributed by atoms with Crippen molar-refractivity contribution < 1.29 is 17.9 Å². The monoisotopic (exact) mass is 481 g/mol. The van der Waals surface area contributed by atoms with Gasteiger partial charge in [0, 0.05) is 18.0 Å². The number of methoxy groups -OCH3 is 1. The van der Waals surface area contributed by atoms with Crippen LogP contribution in [0, 0.1) is 5.92 Å². The Bertz CT molecular complexity index is 1390. The fourth-order valence-electron chi connectivity index (χ4n) is 4.46. The van der Waals surface area contributed by atoms with Crippen molar-refractivity contribution in [2.45, 2.75) is 23.8 Å². The summed E-state index contributed by atoms with van der Waals surface area (Å²) in [6, 6.07) is 11.6. The van der Waals surface area contributed by atoms with Crippen LogP contribution in [0.1, 0.15) is 23.7 Å². The van der Waals surface area contributed by atoms with E-state index in [1.807, 2.05) is 43.4 Å². The Balaban J connectivity index is 1.34. The summed E-state index contributed by atoms with van der Waals surface area (Å²) in [5, 5.41) is 3.26. The largest absolute Gasteiger partial charge is 0.497 e. The zero-order chi connectivity index (χ0) is 23.2. The number of sulfonamides is 1. The molecule has 0 radical (unpaired) electrons. The van der Waals surface area contributed by atoms with Crippen LogP contribution in [-0.2, 0) is 10.0 Å². The number of hydrogen-bond acceptors (Lipinski definition) is 6. The lowest BCUT2D eigenvalue weighted by atomic mass is 9.84. The van der Waals surface area contributed by atoms with Crippen molar-refractivity contribution in [1.29, 1.82) is 0 Å². The van der Waals surface area contributed by atoms with E-state index < -0.39 is 15.6 Å². The maximum Gasteiger partial charge on any atom is 0.257 e. The molecule has 1 aliphatic carbocycles. The molecular weight excluding hydrogens is 458 g/mol. The van der Waals surface area contributed by atoms with Gasteiger partial charge in [-0.25, -0.2) is 13.4 Å².